The van der Waals surface area contributed by atoms with Crippen LogP contribution >= 0.6 is 11.3 Å². The number of sulfonamides is 1. The van der Waals surface area contributed by atoms with Gasteiger partial charge in [-0.15, -0.1) is 0 Å². The van der Waals surface area contributed by atoms with Crippen molar-refractivity contribution < 1.29 is 13.2 Å². The van der Waals surface area contributed by atoms with Crippen molar-refractivity contribution in [2.75, 3.05) is 11.4 Å². The van der Waals surface area contributed by atoms with E-state index in [2.05, 4.69) is 4.98 Å². The summed E-state index contributed by atoms with van der Waals surface area (Å²) >= 11 is 1.42. The summed E-state index contributed by atoms with van der Waals surface area (Å²) in [6.07, 6.45) is 4.49. The van der Waals surface area contributed by atoms with Crippen molar-refractivity contribution in [3.8, 4) is 0 Å². The number of anilines is 1. The Balaban J connectivity index is 1.51. The summed E-state index contributed by atoms with van der Waals surface area (Å²) in [7, 11) is -3.81. The lowest BCUT2D eigenvalue weighted by atomic mass is 10.2. The lowest BCUT2D eigenvalue weighted by Crippen LogP contribution is -2.47. The van der Waals surface area contributed by atoms with E-state index in [1.807, 2.05) is 43.3 Å². The zero-order chi connectivity index (χ0) is 23.7. The van der Waals surface area contributed by atoms with E-state index in [1.54, 1.807) is 41.6 Å². The maximum Gasteiger partial charge on any atom is 0.247 e. The molecule has 2 aromatic heterocycles. The van der Waals surface area contributed by atoms with Crippen molar-refractivity contribution in [3.05, 3.63) is 84.2 Å². The quantitative estimate of drug-likeness (QED) is 0.399. The third kappa shape index (κ3) is 4.34. The molecule has 4 aromatic rings. The first-order chi connectivity index (χ1) is 16.4. The van der Waals surface area contributed by atoms with Gasteiger partial charge >= 0.3 is 0 Å². The molecule has 3 heterocycles. The number of fused-ring (bicyclic) bond motifs is 1. The zero-order valence-corrected chi connectivity index (χ0v) is 20.3. The second kappa shape index (κ2) is 9.25. The average molecular weight is 493 g/mol. The molecule has 1 atom stereocenters. The van der Waals surface area contributed by atoms with Crippen LogP contribution in [0.15, 0.2) is 78.0 Å². The highest BCUT2D eigenvalue weighted by Gasteiger charge is 2.42. The van der Waals surface area contributed by atoms with Gasteiger partial charge in [-0.3, -0.25) is 14.7 Å². The molecule has 7 nitrogen and oxygen atoms in total. The Hall–Kier alpha value is -3.14. The SMILES string of the molecule is Cc1ccc(S(=O)(=O)N2CCC[C@H]2C(=O)N(Cc2cccnc2)c2nc3ccccc3s2)cc1. The number of hydrogen-bond acceptors (Lipinski definition) is 6. The van der Waals surface area contributed by atoms with Gasteiger partial charge in [0.1, 0.15) is 6.04 Å². The molecule has 0 N–H and O–H groups in total. The van der Waals surface area contributed by atoms with Crippen LogP contribution in [-0.2, 0) is 21.4 Å². The molecular weight excluding hydrogens is 468 g/mol. The number of carbonyl (C=O) groups excluding carboxylic acids is 1. The third-order valence-corrected chi connectivity index (χ3v) is 8.94. The number of para-hydroxylation sites is 1. The molecule has 0 bridgehead atoms. The van der Waals surface area contributed by atoms with Gasteiger partial charge in [0.25, 0.3) is 0 Å². The van der Waals surface area contributed by atoms with Crippen LogP contribution in [0, 0.1) is 6.92 Å². The summed E-state index contributed by atoms with van der Waals surface area (Å²) in [6, 6.07) is 17.4. The number of carbonyl (C=O) groups is 1. The molecule has 34 heavy (non-hydrogen) atoms. The Bertz CT molecular complexity index is 1390. The fourth-order valence-electron chi connectivity index (χ4n) is 4.19. The van der Waals surface area contributed by atoms with Crippen molar-refractivity contribution >= 4 is 42.6 Å². The molecule has 1 amide bonds. The minimum Gasteiger partial charge on any atom is -0.282 e. The number of thiazole rings is 1. The molecule has 0 spiro atoms. The lowest BCUT2D eigenvalue weighted by Gasteiger charge is -2.28. The highest BCUT2D eigenvalue weighted by atomic mass is 32.2. The maximum absolute atomic E-state index is 13.9. The molecule has 1 saturated heterocycles. The molecule has 1 aliphatic rings. The van der Waals surface area contributed by atoms with E-state index in [4.69, 9.17) is 4.98 Å². The smallest absolute Gasteiger partial charge is 0.247 e. The molecular formula is C25H24N4O3S2. The number of benzene rings is 2. The van der Waals surface area contributed by atoms with Gasteiger partial charge in [-0.25, -0.2) is 13.4 Å². The minimum absolute atomic E-state index is 0.205. The summed E-state index contributed by atoms with van der Waals surface area (Å²) in [4.78, 5) is 24.6. The summed E-state index contributed by atoms with van der Waals surface area (Å²) in [6.45, 7) is 2.49. The van der Waals surface area contributed by atoms with E-state index in [-0.39, 0.29) is 17.3 Å². The Morgan fingerprint density at radius 3 is 2.65 bits per heavy atom. The first-order valence-electron chi connectivity index (χ1n) is 11.1. The standard InChI is InChI=1S/C25H24N4O3S2/c1-18-10-12-20(13-11-18)34(31,32)29-15-5-8-22(29)24(30)28(17-19-6-4-14-26-16-19)25-27-21-7-2-3-9-23(21)33-25/h2-4,6-7,9-14,16,22H,5,8,15,17H2,1H3/t22-/m0/s1. The normalized spacial score (nSPS) is 16.7. The summed E-state index contributed by atoms with van der Waals surface area (Å²) in [5, 5.41) is 0.551. The summed E-state index contributed by atoms with van der Waals surface area (Å²) in [5.74, 6) is -0.268. The third-order valence-electron chi connectivity index (χ3n) is 5.96. The predicted molar refractivity (Wildman–Crippen MR) is 133 cm³/mol. The first-order valence-corrected chi connectivity index (χ1v) is 13.3. The van der Waals surface area contributed by atoms with E-state index in [0.29, 0.717) is 24.5 Å². The van der Waals surface area contributed by atoms with E-state index in [9.17, 15) is 13.2 Å². The lowest BCUT2D eigenvalue weighted by molar-refractivity contribution is -0.121. The summed E-state index contributed by atoms with van der Waals surface area (Å²) in [5.41, 5.74) is 2.63. The monoisotopic (exact) mass is 492 g/mol. The highest BCUT2D eigenvalue weighted by Crippen LogP contribution is 2.33. The Kier molecular flexibility index (Phi) is 6.16. The van der Waals surface area contributed by atoms with Gasteiger partial charge in [-0.1, -0.05) is 47.2 Å². The molecule has 5 rings (SSSR count). The Morgan fingerprint density at radius 2 is 1.91 bits per heavy atom. The predicted octanol–water partition coefficient (Wildman–Crippen LogP) is 4.39. The molecule has 1 fully saturated rings. The van der Waals surface area contributed by atoms with Crippen molar-refractivity contribution in [3.63, 3.8) is 0 Å². The number of hydrogen-bond donors (Lipinski definition) is 0. The van der Waals surface area contributed by atoms with Gasteiger partial charge in [0.05, 0.1) is 21.7 Å². The maximum atomic E-state index is 13.9. The van der Waals surface area contributed by atoms with Crippen LogP contribution in [0.2, 0.25) is 0 Å². The van der Waals surface area contributed by atoms with E-state index >= 15 is 0 Å². The van der Waals surface area contributed by atoms with Gasteiger partial charge in [-0.2, -0.15) is 4.31 Å². The largest absolute Gasteiger partial charge is 0.282 e. The van der Waals surface area contributed by atoms with Crippen LogP contribution < -0.4 is 4.90 Å². The Labute approximate surface area is 202 Å². The molecule has 0 radical (unpaired) electrons. The van der Waals surface area contributed by atoms with Crippen LogP contribution in [0.3, 0.4) is 0 Å². The van der Waals surface area contributed by atoms with Crippen molar-refractivity contribution in [1.82, 2.24) is 14.3 Å². The van der Waals surface area contributed by atoms with Gasteiger partial charge in [0, 0.05) is 18.9 Å². The highest BCUT2D eigenvalue weighted by molar-refractivity contribution is 7.89. The number of aryl methyl sites for hydroxylation is 1. The van der Waals surface area contributed by atoms with E-state index in [0.717, 1.165) is 21.3 Å². The average Bonchev–Trinajstić information content (AvgIpc) is 3.51. The van der Waals surface area contributed by atoms with E-state index in [1.165, 1.54) is 15.6 Å². The van der Waals surface area contributed by atoms with Crippen LogP contribution in [-0.4, -0.2) is 41.2 Å². The fraction of sp³-hybridized carbons (Fsp3) is 0.240. The molecule has 0 saturated carbocycles. The minimum atomic E-state index is -3.81. The van der Waals surface area contributed by atoms with Crippen molar-refractivity contribution in [2.45, 2.75) is 37.2 Å². The number of amides is 1. The van der Waals surface area contributed by atoms with Crippen LogP contribution in [0.5, 0.6) is 0 Å². The zero-order valence-electron chi connectivity index (χ0n) is 18.7. The van der Waals surface area contributed by atoms with Crippen LogP contribution in [0.1, 0.15) is 24.0 Å². The molecule has 0 aliphatic carbocycles. The number of pyridine rings is 1. The second-order valence-corrected chi connectivity index (χ2v) is 11.2. The number of rotatable bonds is 6. The van der Waals surface area contributed by atoms with E-state index < -0.39 is 16.1 Å². The molecule has 1 aliphatic heterocycles. The fourth-order valence-corrected chi connectivity index (χ4v) is 6.81. The van der Waals surface area contributed by atoms with Gasteiger partial charge in [-0.05, 0) is 55.7 Å². The Morgan fingerprint density at radius 1 is 1.12 bits per heavy atom. The molecule has 2 aromatic carbocycles. The van der Waals surface area contributed by atoms with Crippen LogP contribution in [0.4, 0.5) is 5.13 Å². The van der Waals surface area contributed by atoms with Gasteiger partial charge in [0.2, 0.25) is 15.9 Å². The van der Waals surface area contributed by atoms with Gasteiger partial charge < -0.3 is 0 Å². The molecule has 0 unspecified atom stereocenters. The number of nitrogens with zero attached hydrogens (tertiary/aromatic N) is 4. The van der Waals surface area contributed by atoms with Gasteiger partial charge in [0.15, 0.2) is 5.13 Å². The first kappa shape index (κ1) is 22.6. The topological polar surface area (TPSA) is 83.5 Å². The second-order valence-electron chi connectivity index (χ2n) is 8.34. The van der Waals surface area contributed by atoms with Crippen molar-refractivity contribution in [2.24, 2.45) is 0 Å². The number of aromatic nitrogens is 2. The van der Waals surface area contributed by atoms with Crippen LogP contribution in [0.25, 0.3) is 10.2 Å². The summed E-state index contributed by atoms with van der Waals surface area (Å²) < 4.78 is 29.2. The van der Waals surface area contributed by atoms with Crippen molar-refractivity contribution in [1.29, 1.82) is 0 Å². The molecule has 174 valence electrons. The molecule has 9 heteroatoms.